The van der Waals surface area contributed by atoms with Gasteiger partial charge in [0.25, 0.3) is 10.0 Å². The summed E-state index contributed by atoms with van der Waals surface area (Å²) in [5, 5.41) is 2.85. The van der Waals surface area contributed by atoms with Crippen molar-refractivity contribution in [2.24, 2.45) is 0 Å². The maximum Gasteiger partial charge on any atom is 0.264 e. The first kappa shape index (κ1) is 29.8. The molecule has 3 rings (SSSR count). The summed E-state index contributed by atoms with van der Waals surface area (Å²) in [7, 11) is -4.29. The second-order valence-corrected chi connectivity index (χ2v) is 11.3. The molecule has 0 spiro atoms. The average molecular weight is 558 g/mol. The van der Waals surface area contributed by atoms with Crippen molar-refractivity contribution in [3.8, 4) is 0 Å². The number of carbonyl (C=O) groups is 2. The number of amides is 2. The van der Waals surface area contributed by atoms with Gasteiger partial charge in [0.05, 0.1) is 10.6 Å². The summed E-state index contributed by atoms with van der Waals surface area (Å²) in [4.78, 5) is 27.9. The van der Waals surface area contributed by atoms with Crippen LogP contribution < -0.4 is 9.62 Å². The van der Waals surface area contributed by atoms with E-state index in [2.05, 4.69) is 5.32 Å². The lowest BCUT2D eigenvalue weighted by atomic mass is 10.1. The lowest BCUT2D eigenvalue weighted by Gasteiger charge is -2.32. The molecular weight excluding hydrogens is 524 g/mol. The van der Waals surface area contributed by atoms with Crippen LogP contribution in [0.5, 0.6) is 0 Å². The molecule has 0 heterocycles. The number of rotatable bonds is 11. The quantitative estimate of drug-likeness (QED) is 0.367. The number of hydrogen-bond donors (Lipinski definition) is 1. The van der Waals surface area contributed by atoms with Crippen molar-refractivity contribution in [2.75, 3.05) is 10.8 Å². The zero-order chi connectivity index (χ0) is 28.7. The third-order valence-electron chi connectivity index (χ3n) is 6.44. The van der Waals surface area contributed by atoms with Gasteiger partial charge in [-0.05, 0) is 81.3 Å². The van der Waals surface area contributed by atoms with E-state index in [-0.39, 0.29) is 23.2 Å². The van der Waals surface area contributed by atoms with E-state index in [1.165, 1.54) is 29.2 Å². The highest BCUT2D eigenvalue weighted by Crippen LogP contribution is 2.25. The largest absolute Gasteiger partial charge is 0.352 e. The van der Waals surface area contributed by atoms with Gasteiger partial charge in [0.2, 0.25) is 11.8 Å². The Morgan fingerprint density at radius 1 is 0.872 bits per heavy atom. The molecule has 0 fully saturated rings. The summed E-state index contributed by atoms with van der Waals surface area (Å²) < 4.78 is 55.4. The molecule has 39 heavy (non-hydrogen) atoms. The van der Waals surface area contributed by atoms with Crippen LogP contribution in [0, 0.1) is 18.6 Å². The first-order valence-corrected chi connectivity index (χ1v) is 14.1. The number of benzene rings is 3. The number of anilines is 1. The summed E-state index contributed by atoms with van der Waals surface area (Å²) in [5.41, 5.74) is 1.69. The van der Waals surface area contributed by atoms with Gasteiger partial charge in [-0.2, -0.15) is 0 Å². The van der Waals surface area contributed by atoms with Crippen molar-refractivity contribution in [1.82, 2.24) is 10.2 Å². The molecule has 2 amide bonds. The van der Waals surface area contributed by atoms with E-state index in [1.807, 2.05) is 20.8 Å². The number of halogens is 2. The van der Waals surface area contributed by atoms with Crippen LogP contribution in [0.15, 0.2) is 77.7 Å². The Kier molecular flexibility index (Phi) is 9.80. The molecule has 0 saturated carbocycles. The Hall–Kier alpha value is -3.79. The first-order chi connectivity index (χ1) is 18.4. The van der Waals surface area contributed by atoms with Crippen LogP contribution in [0.4, 0.5) is 14.5 Å². The van der Waals surface area contributed by atoms with Crippen molar-refractivity contribution in [3.63, 3.8) is 0 Å². The molecule has 0 radical (unpaired) electrons. The third kappa shape index (κ3) is 7.63. The second-order valence-electron chi connectivity index (χ2n) is 9.44. The van der Waals surface area contributed by atoms with E-state index in [0.717, 1.165) is 34.1 Å². The van der Waals surface area contributed by atoms with Crippen LogP contribution in [0.3, 0.4) is 0 Å². The molecule has 10 heteroatoms. The number of nitrogens with one attached hydrogen (secondary N) is 1. The van der Waals surface area contributed by atoms with Gasteiger partial charge in [0.15, 0.2) is 0 Å². The SMILES string of the molecule is CC[C@H](C)NC(=O)[C@H](C)N(Cc1ccc(F)cc1)C(=O)CN(c1ccc(C)cc1)S(=O)(=O)c1ccc(F)cc1. The Morgan fingerprint density at radius 2 is 1.41 bits per heavy atom. The van der Waals surface area contributed by atoms with Crippen LogP contribution in [0.25, 0.3) is 0 Å². The topological polar surface area (TPSA) is 86.8 Å². The third-order valence-corrected chi connectivity index (χ3v) is 8.23. The van der Waals surface area contributed by atoms with Gasteiger partial charge in [-0.15, -0.1) is 0 Å². The normalized spacial score (nSPS) is 12.9. The molecule has 7 nitrogen and oxygen atoms in total. The molecule has 2 atom stereocenters. The number of carbonyl (C=O) groups excluding carboxylic acids is 2. The van der Waals surface area contributed by atoms with Crippen molar-refractivity contribution in [3.05, 3.63) is 95.6 Å². The van der Waals surface area contributed by atoms with E-state index in [1.54, 1.807) is 31.2 Å². The van der Waals surface area contributed by atoms with Gasteiger partial charge >= 0.3 is 0 Å². The van der Waals surface area contributed by atoms with Gasteiger partial charge in [-0.3, -0.25) is 13.9 Å². The standard InChI is InChI=1S/C29H33F2N3O4S/c1-5-21(3)32-29(36)22(4)33(18-23-8-10-24(30)11-9-23)28(35)19-34(26-14-6-20(2)7-15-26)39(37,38)27-16-12-25(31)13-17-27/h6-17,21-22H,5,18-19H2,1-4H3,(H,32,36)/t21-,22-/m0/s1. The highest BCUT2D eigenvalue weighted by molar-refractivity contribution is 7.92. The predicted octanol–water partition coefficient (Wildman–Crippen LogP) is 4.80. The van der Waals surface area contributed by atoms with Gasteiger partial charge in [0, 0.05) is 12.6 Å². The fourth-order valence-electron chi connectivity index (χ4n) is 3.81. The fraction of sp³-hybridized carbons (Fsp3) is 0.310. The molecule has 1 N–H and O–H groups in total. The molecule has 208 valence electrons. The van der Waals surface area contributed by atoms with Crippen LogP contribution in [0.1, 0.15) is 38.3 Å². The number of aryl methyl sites for hydroxylation is 1. The molecule has 0 aliphatic rings. The minimum absolute atomic E-state index is 0.0491. The summed E-state index contributed by atoms with van der Waals surface area (Å²) in [6, 6.07) is 15.3. The van der Waals surface area contributed by atoms with Crippen LogP contribution in [-0.2, 0) is 26.2 Å². The lowest BCUT2D eigenvalue weighted by Crippen LogP contribution is -2.52. The average Bonchev–Trinajstić information content (AvgIpc) is 2.91. The smallest absolute Gasteiger partial charge is 0.264 e. The molecule has 0 aromatic heterocycles. The zero-order valence-corrected chi connectivity index (χ0v) is 23.2. The predicted molar refractivity (Wildman–Crippen MR) is 146 cm³/mol. The zero-order valence-electron chi connectivity index (χ0n) is 22.4. The molecule has 0 aliphatic heterocycles. The van der Waals surface area contributed by atoms with Crippen molar-refractivity contribution in [1.29, 1.82) is 0 Å². The Bertz CT molecular complexity index is 1380. The molecule has 0 bridgehead atoms. The highest BCUT2D eigenvalue weighted by atomic mass is 32.2. The second kappa shape index (κ2) is 12.8. The van der Waals surface area contributed by atoms with E-state index in [0.29, 0.717) is 12.0 Å². The van der Waals surface area contributed by atoms with Gasteiger partial charge in [-0.25, -0.2) is 17.2 Å². The number of nitrogens with zero attached hydrogens (tertiary/aromatic N) is 2. The highest BCUT2D eigenvalue weighted by Gasteiger charge is 2.32. The summed E-state index contributed by atoms with van der Waals surface area (Å²) in [6.07, 6.45) is 0.682. The summed E-state index contributed by atoms with van der Waals surface area (Å²) in [6.45, 7) is 6.49. The summed E-state index contributed by atoms with van der Waals surface area (Å²) >= 11 is 0. The van der Waals surface area contributed by atoms with E-state index < -0.39 is 46.1 Å². The Labute approximate surface area is 228 Å². The van der Waals surface area contributed by atoms with Crippen molar-refractivity contribution < 1.29 is 26.8 Å². The number of sulfonamides is 1. The van der Waals surface area contributed by atoms with Crippen LogP contribution in [-0.4, -0.2) is 43.8 Å². The Morgan fingerprint density at radius 3 is 1.95 bits per heavy atom. The van der Waals surface area contributed by atoms with E-state index in [9.17, 15) is 26.8 Å². The van der Waals surface area contributed by atoms with Gasteiger partial charge in [-0.1, -0.05) is 36.8 Å². The van der Waals surface area contributed by atoms with E-state index >= 15 is 0 Å². The maximum atomic E-state index is 13.8. The Balaban J connectivity index is 2.01. The molecule has 0 aliphatic carbocycles. The fourth-order valence-corrected chi connectivity index (χ4v) is 5.22. The number of hydrogen-bond acceptors (Lipinski definition) is 4. The first-order valence-electron chi connectivity index (χ1n) is 12.6. The van der Waals surface area contributed by atoms with Gasteiger partial charge < -0.3 is 10.2 Å². The minimum atomic E-state index is -4.29. The molecular formula is C29H33F2N3O4S. The maximum absolute atomic E-state index is 13.8. The molecule has 0 unspecified atom stereocenters. The van der Waals surface area contributed by atoms with Crippen molar-refractivity contribution >= 4 is 27.5 Å². The molecule has 3 aromatic carbocycles. The van der Waals surface area contributed by atoms with Crippen LogP contribution in [0.2, 0.25) is 0 Å². The van der Waals surface area contributed by atoms with Gasteiger partial charge in [0.1, 0.15) is 24.2 Å². The van der Waals surface area contributed by atoms with Crippen LogP contribution >= 0.6 is 0 Å². The molecule has 0 saturated heterocycles. The van der Waals surface area contributed by atoms with Crippen molar-refractivity contribution in [2.45, 2.75) is 57.6 Å². The molecule has 3 aromatic rings. The lowest BCUT2D eigenvalue weighted by molar-refractivity contribution is -0.139. The minimum Gasteiger partial charge on any atom is -0.352 e. The monoisotopic (exact) mass is 557 g/mol. The summed E-state index contributed by atoms with van der Waals surface area (Å²) in [5.74, 6) is -2.09. The van der Waals surface area contributed by atoms with E-state index in [4.69, 9.17) is 0 Å².